The summed E-state index contributed by atoms with van der Waals surface area (Å²) in [5.41, 5.74) is 2.88. The smallest absolute Gasteiger partial charge is 1.00 e. The van der Waals surface area contributed by atoms with Gasteiger partial charge in [-0.25, -0.2) is 0 Å². The molecule has 4 aromatic rings. The van der Waals surface area contributed by atoms with Crippen molar-refractivity contribution in [2.24, 2.45) is 0 Å². The van der Waals surface area contributed by atoms with E-state index in [9.17, 15) is 4.79 Å². The molecule has 0 heterocycles. The van der Waals surface area contributed by atoms with Gasteiger partial charge in [0.2, 0.25) is 0 Å². The molecule has 0 aliphatic heterocycles. The second-order valence-electron chi connectivity index (χ2n) is 7.21. The average molecular weight is 434 g/mol. The molecule has 0 saturated heterocycles. The Kier molecular flexibility index (Phi) is 8.31. The van der Waals surface area contributed by atoms with Gasteiger partial charge in [-0.3, -0.25) is 4.79 Å². The van der Waals surface area contributed by atoms with E-state index in [1.54, 1.807) is 0 Å². The summed E-state index contributed by atoms with van der Waals surface area (Å²) in [4.78, 5) is 13.2. The Morgan fingerprint density at radius 1 is 0.688 bits per heavy atom. The van der Waals surface area contributed by atoms with E-state index in [-0.39, 0.29) is 34.4 Å². The third kappa shape index (κ3) is 5.90. The minimum atomic E-state index is -0.0562. The minimum Gasteiger partial charge on any atom is -1.00 e. The molecule has 1 unspecified atom stereocenters. The second-order valence-corrected chi connectivity index (χ2v) is 8.45. The topological polar surface area (TPSA) is 35.5 Å². The van der Waals surface area contributed by atoms with Crippen LogP contribution in [-0.4, -0.2) is 5.52 Å². The van der Waals surface area contributed by atoms with Crippen LogP contribution in [0.25, 0.3) is 0 Å². The van der Waals surface area contributed by atoms with Crippen LogP contribution >= 0.6 is 8.58 Å². The van der Waals surface area contributed by atoms with Crippen molar-refractivity contribution >= 4 is 19.4 Å². The standard InChI is InChI=1S/C27H23O3P.Li.H/c1-19-10-9-11-20(2)26(19)27(28)31-25-17-16-23(29-21-12-5-3-6-13-21)18-24(25)30-22-14-7-4-8-15-22;;/h3-18,31H,1-2H3;;/q;+1;-1. The van der Waals surface area contributed by atoms with Gasteiger partial charge in [-0.2, -0.15) is 0 Å². The number of hydrogen-bond donors (Lipinski definition) is 0. The van der Waals surface area contributed by atoms with Crippen molar-refractivity contribution in [3.05, 3.63) is 114 Å². The third-order valence-corrected chi connectivity index (χ3v) is 6.02. The molecule has 0 radical (unpaired) electrons. The summed E-state index contributed by atoms with van der Waals surface area (Å²) in [5.74, 6) is 2.74. The largest absolute Gasteiger partial charge is 1.00 e. The fourth-order valence-electron chi connectivity index (χ4n) is 3.35. The number of benzene rings is 4. The first kappa shape index (κ1) is 23.8. The van der Waals surface area contributed by atoms with Gasteiger partial charge >= 0.3 is 18.9 Å². The number of aryl methyl sites for hydroxylation is 2. The molecule has 0 amide bonds. The maximum Gasteiger partial charge on any atom is 1.00 e. The Labute approximate surface area is 204 Å². The average Bonchev–Trinajstić information content (AvgIpc) is 2.77. The molecule has 0 aliphatic rings. The normalized spacial score (nSPS) is 10.6. The number of para-hydroxylation sites is 2. The molecule has 0 saturated carbocycles. The predicted molar refractivity (Wildman–Crippen MR) is 129 cm³/mol. The van der Waals surface area contributed by atoms with Gasteiger partial charge in [0.15, 0.2) is 5.52 Å². The van der Waals surface area contributed by atoms with E-state index in [1.807, 2.05) is 111 Å². The molecule has 4 aromatic carbocycles. The molecule has 0 bridgehead atoms. The monoisotopic (exact) mass is 434 g/mol. The molecule has 1 atom stereocenters. The van der Waals surface area contributed by atoms with Crippen LogP contribution < -0.4 is 33.6 Å². The van der Waals surface area contributed by atoms with E-state index in [4.69, 9.17) is 9.47 Å². The van der Waals surface area contributed by atoms with Gasteiger partial charge < -0.3 is 10.9 Å². The summed E-state index contributed by atoms with van der Waals surface area (Å²) in [5, 5.41) is 0.844. The van der Waals surface area contributed by atoms with Crippen LogP contribution in [0.2, 0.25) is 0 Å². The minimum absolute atomic E-state index is 0. The first-order valence-electron chi connectivity index (χ1n) is 10.1. The number of ether oxygens (including phenoxy) is 2. The van der Waals surface area contributed by atoms with Crippen molar-refractivity contribution in [1.29, 1.82) is 0 Å². The Morgan fingerprint density at radius 2 is 1.25 bits per heavy atom. The maximum absolute atomic E-state index is 13.2. The van der Waals surface area contributed by atoms with Crippen molar-refractivity contribution in [3.8, 4) is 23.0 Å². The van der Waals surface area contributed by atoms with Crippen molar-refractivity contribution in [3.63, 3.8) is 0 Å². The summed E-state index contributed by atoms with van der Waals surface area (Å²) < 4.78 is 12.1. The van der Waals surface area contributed by atoms with E-state index in [0.717, 1.165) is 27.7 Å². The Bertz CT molecular complexity index is 1180. The molecule has 156 valence electrons. The molecule has 4 rings (SSSR count). The van der Waals surface area contributed by atoms with Crippen LogP contribution in [0.15, 0.2) is 97.1 Å². The van der Waals surface area contributed by atoms with Gasteiger partial charge in [-0.05, 0) is 70.0 Å². The molecule has 0 N–H and O–H groups in total. The third-order valence-electron chi connectivity index (χ3n) is 4.86. The van der Waals surface area contributed by atoms with Gasteiger partial charge in [0.1, 0.15) is 23.0 Å². The van der Waals surface area contributed by atoms with Gasteiger partial charge in [-0.15, -0.1) is 0 Å². The summed E-state index contributed by atoms with van der Waals surface area (Å²) in [6.07, 6.45) is 0. The number of carbonyl (C=O) groups is 1. The summed E-state index contributed by atoms with van der Waals surface area (Å²) in [7, 11) is -0.0562. The predicted octanol–water partition coefficient (Wildman–Crippen LogP) is 4.15. The van der Waals surface area contributed by atoms with E-state index in [2.05, 4.69) is 0 Å². The first-order valence-corrected chi connectivity index (χ1v) is 11.1. The van der Waals surface area contributed by atoms with Gasteiger partial charge in [0, 0.05) is 16.9 Å². The van der Waals surface area contributed by atoms with Crippen LogP contribution in [0.3, 0.4) is 0 Å². The van der Waals surface area contributed by atoms with Crippen LogP contribution in [0.4, 0.5) is 0 Å². The van der Waals surface area contributed by atoms with Crippen molar-refractivity contribution < 1.29 is 34.6 Å². The molecule has 0 aromatic heterocycles. The molecule has 5 heteroatoms. The van der Waals surface area contributed by atoms with Crippen LogP contribution in [0.1, 0.15) is 22.9 Å². The molecular formula is C27H24LiO3P. The van der Waals surface area contributed by atoms with Crippen molar-refractivity contribution in [2.45, 2.75) is 13.8 Å². The maximum atomic E-state index is 13.2. The van der Waals surface area contributed by atoms with Crippen LogP contribution in [-0.2, 0) is 0 Å². The molecule has 0 aliphatic carbocycles. The molecular weight excluding hydrogens is 410 g/mol. The zero-order chi connectivity index (χ0) is 21.6. The van der Waals surface area contributed by atoms with Gasteiger partial charge in [-0.1, -0.05) is 54.6 Å². The summed E-state index contributed by atoms with van der Waals surface area (Å²) in [6.45, 7) is 3.95. The van der Waals surface area contributed by atoms with E-state index >= 15 is 0 Å². The fourth-order valence-corrected chi connectivity index (χ4v) is 4.53. The van der Waals surface area contributed by atoms with Gasteiger partial charge in [0.05, 0.1) is 0 Å². The Balaban J connectivity index is 0.00000193. The van der Waals surface area contributed by atoms with E-state index in [1.165, 1.54) is 0 Å². The molecule has 0 fully saturated rings. The first-order chi connectivity index (χ1) is 15.1. The summed E-state index contributed by atoms with van der Waals surface area (Å²) >= 11 is 0. The molecule has 3 nitrogen and oxygen atoms in total. The zero-order valence-electron chi connectivity index (χ0n) is 19.5. The number of rotatable bonds is 7. The van der Waals surface area contributed by atoms with E-state index < -0.39 is 0 Å². The van der Waals surface area contributed by atoms with Crippen molar-refractivity contribution in [1.82, 2.24) is 0 Å². The second kappa shape index (κ2) is 11.2. The quantitative estimate of drug-likeness (QED) is 0.324. The van der Waals surface area contributed by atoms with Crippen LogP contribution in [0, 0.1) is 13.8 Å². The molecule has 32 heavy (non-hydrogen) atoms. The number of hydrogen-bond acceptors (Lipinski definition) is 3. The Hall–Kier alpha value is -2.82. The SMILES string of the molecule is Cc1cccc(C)c1C(=O)Pc1ccc(Oc2ccccc2)cc1Oc1ccccc1.[H-].[Li+]. The van der Waals surface area contributed by atoms with Crippen molar-refractivity contribution in [2.75, 3.05) is 0 Å². The number of carbonyl (C=O) groups excluding carboxylic acids is 1. The van der Waals surface area contributed by atoms with Crippen LogP contribution in [0.5, 0.6) is 23.0 Å². The molecule has 0 spiro atoms. The zero-order valence-corrected chi connectivity index (χ0v) is 19.5. The summed E-state index contributed by atoms with van der Waals surface area (Å²) in [6, 6.07) is 30.7. The van der Waals surface area contributed by atoms with Gasteiger partial charge in [0.25, 0.3) is 0 Å². The van der Waals surface area contributed by atoms with E-state index in [0.29, 0.717) is 17.2 Å². The fraction of sp³-hybridized carbons (Fsp3) is 0.0741. The Morgan fingerprint density at radius 3 is 1.84 bits per heavy atom.